The van der Waals surface area contributed by atoms with Gasteiger partial charge in [0.05, 0.1) is 5.56 Å². The number of aldehydes is 1. The van der Waals surface area contributed by atoms with Gasteiger partial charge in [-0.3, -0.25) is 4.79 Å². The Morgan fingerprint density at radius 3 is 2.44 bits per heavy atom. The highest BCUT2D eigenvalue weighted by molar-refractivity contribution is 5.91. The van der Waals surface area contributed by atoms with E-state index in [-0.39, 0.29) is 5.56 Å². The van der Waals surface area contributed by atoms with Crippen LogP contribution in [0.15, 0.2) is 42.5 Å². The van der Waals surface area contributed by atoms with E-state index >= 15 is 0 Å². The van der Waals surface area contributed by atoms with Gasteiger partial charge in [-0.25, -0.2) is 4.79 Å². The summed E-state index contributed by atoms with van der Waals surface area (Å²) in [6.07, 6.45) is 0.805. The van der Waals surface area contributed by atoms with Crippen molar-refractivity contribution in [3.8, 4) is 11.1 Å². The summed E-state index contributed by atoms with van der Waals surface area (Å²) in [6, 6.07) is 12.1. The molecule has 0 aromatic heterocycles. The highest BCUT2D eigenvalue weighted by Crippen LogP contribution is 2.26. The van der Waals surface area contributed by atoms with Crippen LogP contribution in [0.25, 0.3) is 11.1 Å². The van der Waals surface area contributed by atoms with E-state index in [2.05, 4.69) is 0 Å². The molecule has 0 saturated heterocycles. The fourth-order valence-electron chi connectivity index (χ4n) is 1.94. The third-order valence-electron chi connectivity index (χ3n) is 2.85. The first-order valence-corrected chi connectivity index (χ1v) is 5.52. The molecule has 18 heavy (non-hydrogen) atoms. The summed E-state index contributed by atoms with van der Waals surface area (Å²) in [6.45, 7) is 1.84. The van der Waals surface area contributed by atoms with Crippen LogP contribution in [-0.2, 0) is 0 Å². The first kappa shape index (κ1) is 12.0. The van der Waals surface area contributed by atoms with Crippen molar-refractivity contribution >= 4 is 12.3 Å². The van der Waals surface area contributed by atoms with E-state index in [1.165, 1.54) is 0 Å². The van der Waals surface area contributed by atoms with Crippen molar-refractivity contribution in [3.63, 3.8) is 0 Å². The number of carbonyl (C=O) groups is 2. The van der Waals surface area contributed by atoms with Crippen molar-refractivity contribution in [2.24, 2.45) is 0 Å². The molecular weight excluding hydrogens is 228 g/mol. The zero-order valence-corrected chi connectivity index (χ0v) is 9.88. The highest BCUT2D eigenvalue weighted by Gasteiger charge is 2.09. The maximum absolute atomic E-state index is 11.0. The minimum atomic E-state index is -0.951. The summed E-state index contributed by atoms with van der Waals surface area (Å²) in [7, 11) is 0. The largest absolute Gasteiger partial charge is 0.478 e. The van der Waals surface area contributed by atoms with Gasteiger partial charge in [-0.2, -0.15) is 0 Å². The number of benzene rings is 2. The van der Waals surface area contributed by atoms with E-state index in [0.29, 0.717) is 5.56 Å². The third kappa shape index (κ3) is 2.15. The molecule has 0 radical (unpaired) electrons. The SMILES string of the molecule is Cc1cc(C(=O)O)ccc1-c1ccccc1C=O. The number of hydrogen-bond acceptors (Lipinski definition) is 2. The molecule has 0 amide bonds. The van der Waals surface area contributed by atoms with Gasteiger partial charge in [0, 0.05) is 5.56 Å². The van der Waals surface area contributed by atoms with Gasteiger partial charge in [0.1, 0.15) is 0 Å². The van der Waals surface area contributed by atoms with Gasteiger partial charge in [0.2, 0.25) is 0 Å². The Balaban J connectivity index is 2.58. The molecule has 90 valence electrons. The molecular formula is C15H12O3. The molecule has 0 saturated carbocycles. The number of aryl methyl sites for hydroxylation is 1. The lowest BCUT2D eigenvalue weighted by Gasteiger charge is -2.09. The number of carboxylic acids is 1. The summed E-state index contributed by atoms with van der Waals surface area (Å²) in [5.74, 6) is -0.951. The maximum Gasteiger partial charge on any atom is 0.335 e. The van der Waals surface area contributed by atoms with E-state index in [1.54, 1.807) is 30.3 Å². The second kappa shape index (κ2) is 4.84. The molecule has 0 aliphatic heterocycles. The van der Waals surface area contributed by atoms with E-state index < -0.39 is 5.97 Å². The number of rotatable bonds is 3. The molecule has 0 bridgehead atoms. The first-order valence-electron chi connectivity index (χ1n) is 5.52. The van der Waals surface area contributed by atoms with Gasteiger partial charge in [-0.1, -0.05) is 30.3 Å². The van der Waals surface area contributed by atoms with E-state index in [1.807, 2.05) is 19.1 Å². The first-order chi connectivity index (χ1) is 8.63. The maximum atomic E-state index is 11.0. The standard InChI is InChI=1S/C15H12O3/c1-10-8-11(15(17)18)6-7-13(10)14-5-3-2-4-12(14)9-16/h2-9H,1H3,(H,17,18). The zero-order valence-electron chi connectivity index (χ0n) is 9.88. The summed E-state index contributed by atoms with van der Waals surface area (Å²) in [4.78, 5) is 21.9. The van der Waals surface area contributed by atoms with Crippen LogP contribution in [0.1, 0.15) is 26.3 Å². The zero-order chi connectivity index (χ0) is 13.1. The predicted molar refractivity (Wildman–Crippen MR) is 69.0 cm³/mol. The molecule has 3 nitrogen and oxygen atoms in total. The lowest BCUT2D eigenvalue weighted by molar-refractivity contribution is 0.0696. The molecule has 2 rings (SSSR count). The molecule has 0 aliphatic carbocycles. The summed E-state index contributed by atoms with van der Waals surface area (Å²) in [5, 5.41) is 8.92. The molecule has 2 aromatic rings. The average molecular weight is 240 g/mol. The fourth-order valence-corrected chi connectivity index (χ4v) is 1.94. The van der Waals surface area contributed by atoms with Gasteiger partial charge in [-0.15, -0.1) is 0 Å². The predicted octanol–water partition coefficient (Wildman–Crippen LogP) is 3.17. The van der Waals surface area contributed by atoms with Crippen LogP contribution >= 0.6 is 0 Å². The van der Waals surface area contributed by atoms with Gasteiger partial charge >= 0.3 is 5.97 Å². The van der Waals surface area contributed by atoms with Crippen LogP contribution in [0, 0.1) is 6.92 Å². The Morgan fingerprint density at radius 1 is 1.11 bits per heavy atom. The van der Waals surface area contributed by atoms with Crippen LogP contribution in [0.2, 0.25) is 0 Å². The lowest BCUT2D eigenvalue weighted by atomic mass is 9.95. The van der Waals surface area contributed by atoms with E-state index in [9.17, 15) is 9.59 Å². The second-order valence-electron chi connectivity index (χ2n) is 4.04. The van der Waals surface area contributed by atoms with Gasteiger partial charge < -0.3 is 5.11 Å². The highest BCUT2D eigenvalue weighted by atomic mass is 16.4. The number of aromatic carboxylic acids is 1. The van der Waals surface area contributed by atoms with Crippen LogP contribution < -0.4 is 0 Å². The fraction of sp³-hybridized carbons (Fsp3) is 0.0667. The molecule has 1 N–H and O–H groups in total. The monoisotopic (exact) mass is 240 g/mol. The van der Waals surface area contributed by atoms with Crippen molar-refractivity contribution in [1.82, 2.24) is 0 Å². The topological polar surface area (TPSA) is 54.4 Å². The van der Waals surface area contributed by atoms with Crippen LogP contribution in [0.4, 0.5) is 0 Å². The molecule has 0 unspecified atom stereocenters. The molecule has 0 heterocycles. The van der Waals surface area contributed by atoms with E-state index in [0.717, 1.165) is 23.0 Å². The Labute approximate surface area is 105 Å². The van der Waals surface area contributed by atoms with Gasteiger partial charge in [-0.05, 0) is 35.7 Å². The normalized spacial score (nSPS) is 10.1. The summed E-state index contributed by atoms with van der Waals surface area (Å²) < 4.78 is 0. The van der Waals surface area contributed by atoms with Gasteiger partial charge in [0.15, 0.2) is 6.29 Å². The van der Waals surface area contributed by atoms with Crippen molar-refractivity contribution < 1.29 is 14.7 Å². The smallest absolute Gasteiger partial charge is 0.335 e. The Bertz CT molecular complexity index is 615. The Kier molecular flexibility index (Phi) is 3.24. The average Bonchev–Trinajstić information content (AvgIpc) is 2.38. The minimum absolute atomic E-state index is 0.250. The van der Waals surface area contributed by atoms with Crippen molar-refractivity contribution in [2.45, 2.75) is 6.92 Å². The molecule has 0 spiro atoms. The van der Waals surface area contributed by atoms with Crippen LogP contribution in [-0.4, -0.2) is 17.4 Å². The molecule has 0 fully saturated rings. The Hall–Kier alpha value is -2.42. The van der Waals surface area contributed by atoms with E-state index in [4.69, 9.17) is 5.11 Å². The quantitative estimate of drug-likeness (QED) is 0.838. The number of carbonyl (C=O) groups excluding carboxylic acids is 1. The lowest BCUT2D eigenvalue weighted by Crippen LogP contribution is -1.98. The minimum Gasteiger partial charge on any atom is -0.478 e. The summed E-state index contributed by atoms with van der Waals surface area (Å²) >= 11 is 0. The third-order valence-corrected chi connectivity index (χ3v) is 2.85. The van der Waals surface area contributed by atoms with Crippen LogP contribution in [0.5, 0.6) is 0 Å². The molecule has 0 aliphatic rings. The number of carboxylic acid groups (broad SMARTS) is 1. The molecule has 2 aromatic carbocycles. The Morgan fingerprint density at radius 2 is 1.83 bits per heavy atom. The van der Waals surface area contributed by atoms with Crippen molar-refractivity contribution in [3.05, 3.63) is 59.2 Å². The summed E-state index contributed by atoms with van der Waals surface area (Å²) in [5.41, 5.74) is 3.39. The number of hydrogen-bond donors (Lipinski definition) is 1. The molecule has 3 heteroatoms. The van der Waals surface area contributed by atoms with Crippen molar-refractivity contribution in [1.29, 1.82) is 0 Å². The van der Waals surface area contributed by atoms with Crippen molar-refractivity contribution in [2.75, 3.05) is 0 Å². The molecule has 0 atom stereocenters. The van der Waals surface area contributed by atoms with Crippen LogP contribution in [0.3, 0.4) is 0 Å². The van der Waals surface area contributed by atoms with Gasteiger partial charge in [0.25, 0.3) is 0 Å². The second-order valence-corrected chi connectivity index (χ2v) is 4.04.